The van der Waals surface area contributed by atoms with Crippen molar-refractivity contribution in [3.63, 3.8) is 0 Å². The van der Waals surface area contributed by atoms with Crippen molar-refractivity contribution in [2.45, 2.75) is 89.8 Å². The van der Waals surface area contributed by atoms with E-state index in [2.05, 4.69) is 36.0 Å². The largest absolute Gasteiger partial charge is 0.469 e. The molecule has 0 aromatic rings. The Hall–Kier alpha value is -1.17. The summed E-state index contributed by atoms with van der Waals surface area (Å²) in [7, 11) is 1.42. The molecule has 0 heterocycles. The van der Waals surface area contributed by atoms with Crippen molar-refractivity contribution in [1.82, 2.24) is 0 Å². The van der Waals surface area contributed by atoms with Crippen molar-refractivity contribution < 1.29 is 24.5 Å². The van der Waals surface area contributed by atoms with Crippen LogP contribution in [0.25, 0.3) is 0 Å². The summed E-state index contributed by atoms with van der Waals surface area (Å²) in [6.07, 6.45) is 18.4. The molecule has 0 bridgehead atoms. The van der Waals surface area contributed by atoms with Gasteiger partial charge in [0.1, 0.15) is 0 Å². The minimum atomic E-state index is -0.337. The van der Waals surface area contributed by atoms with Crippen LogP contribution in [-0.2, 0) is 14.3 Å². The normalized spacial score (nSPS) is 24.7. The summed E-state index contributed by atoms with van der Waals surface area (Å²) in [5, 5.41) is 19.4. The van der Waals surface area contributed by atoms with Crippen LogP contribution in [-0.4, -0.2) is 48.7 Å². The van der Waals surface area contributed by atoms with Crippen LogP contribution in [0.2, 0.25) is 0 Å². The topological polar surface area (TPSA) is 76.0 Å². The lowest BCUT2D eigenvalue weighted by Gasteiger charge is -2.22. The zero-order valence-corrected chi connectivity index (χ0v) is 18.4. The summed E-state index contributed by atoms with van der Waals surface area (Å²) in [6, 6.07) is 0. The highest BCUT2D eigenvalue weighted by Gasteiger charge is 2.40. The number of hydrogen-bond donors (Lipinski definition) is 2. The van der Waals surface area contributed by atoms with Gasteiger partial charge in [-0.1, -0.05) is 44.1 Å². The number of aliphatic hydroxyl groups excluding tert-OH is 2. The van der Waals surface area contributed by atoms with Crippen molar-refractivity contribution in [1.29, 1.82) is 0 Å². The lowest BCUT2D eigenvalue weighted by molar-refractivity contribution is -0.140. The Morgan fingerprint density at radius 3 is 2.55 bits per heavy atom. The standard InChI is InChI=1S/C24H42O5/c1-3-18-29-23-19-22(26)20(14-10-7-8-12-16-24(27)28-2)21(23)15-11-6-4-5-9-13-17-25/h7,10-11,15,20-23,25-26H,3-6,8-9,12-14,16-19H2,1-2H3/t20?,21-,22+,23-/m1/s1. The van der Waals surface area contributed by atoms with Crippen molar-refractivity contribution in [2.24, 2.45) is 11.8 Å². The Labute approximate surface area is 177 Å². The zero-order valence-electron chi connectivity index (χ0n) is 18.4. The second-order valence-electron chi connectivity index (χ2n) is 7.98. The Bertz CT molecular complexity index is 474. The van der Waals surface area contributed by atoms with Gasteiger partial charge in [0.2, 0.25) is 0 Å². The molecule has 1 aliphatic carbocycles. The quantitative estimate of drug-likeness (QED) is 0.221. The molecule has 0 aliphatic heterocycles. The molecule has 0 aromatic heterocycles. The molecule has 1 rings (SSSR count). The second-order valence-corrected chi connectivity index (χ2v) is 7.98. The second kappa shape index (κ2) is 16.6. The van der Waals surface area contributed by atoms with E-state index in [1.165, 1.54) is 7.11 Å². The molecule has 168 valence electrons. The first-order valence-electron chi connectivity index (χ1n) is 11.4. The number of unbranched alkanes of at least 4 members (excludes halogenated alkanes) is 5. The van der Waals surface area contributed by atoms with E-state index in [9.17, 15) is 9.90 Å². The van der Waals surface area contributed by atoms with E-state index in [1.807, 2.05) is 0 Å². The van der Waals surface area contributed by atoms with Gasteiger partial charge in [0, 0.05) is 32.0 Å². The maximum absolute atomic E-state index is 11.1. The maximum Gasteiger partial charge on any atom is 0.305 e. The Kier molecular flexibility index (Phi) is 14.8. The third kappa shape index (κ3) is 11.0. The average Bonchev–Trinajstić information content (AvgIpc) is 3.02. The number of esters is 1. The molecule has 0 amide bonds. The van der Waals surface area contributed by atoms with Crippen LogP contribution >= 0.6 is 0 Å². The monoisotopic (exact) mass is 410 g/mol. The fraction of sp³-hybridized carbons (Fsp3) is 0.792. The molecular weight excluding hydrogens is 368 g/mol. The van der Waals surface area contributed by atoms with Gasteiger partial charge in [-0.15, -0.1) is 0 Å². The fourth-order valence-electron chi connectivity index (χ4n) is 3.95. The number of ether oxygens (including phenoxy) is 2. The van der Waals surface area contributed by atoms with E-state index < -0.39 is 0 Å². The number of allylic oxidation sites excluding steroid dienone is 3. The summed E-state index contributed by atoms with van der Waals surface area (Å²) in [4.78, 5) is 11.1. The first-order chi connectivity index (χ1) is 14.1. The highest BCUT2D eigenvalue weighted by Crippen LogP contribution is 2.38. The van der Waals surface area contributed by atoms with Gasteiger partial charge >= 0.3 is 5.97 Å². The van der Waals surface area contributed by atoms with Crippen LogP contribution in [0, 0.1) is 11.8 Å². The van der Waals surface area contributed by atoms with Crippen LogP contribution in [0.15, 0.2) is 24.3 Å². The predicted octanol–water partition coefficient (Wildman–Crippen LogP) is 4.57. The summed E-state index contributed by atoms with van der Waals surface area (Å²) < 4.78 is 10.7. The van der Waals surface area contributed by atoms with E-state index in [0.29, 0.717) is 12.8 Å². The summed E-state index contributed by atoms with van der Waals surface area (Å²) in [6.45, 7) is 3.13. The fourth-order valence-corrected chi connectivity index (χ4v) is 3.95. The van der Waals surface area contributed by atoms with Gasteiger partial charge in [0.15, 0.2) is 0 Å². The smallest absolute Gasteiger partial charge is 0.305 e. The van der Waals surface area contributed by atoms with Crippen LogP contribution in [0.5, 0.6) is 0 Å². The molecule has 2 N–H and O–H groups in total. The maximum atomic E-state index is 11.1. The van der Waals surface area contributed by atoms with Gasteiger partial charge in [0.25, 0.3) is 0 Å². The SMILES string of the molecule is CCCO[C@@H]1C[C@H](O)C(CC=CCCCC(=O)OC)[C@H]1C=CCCCCCCO. The molecule has 1 fully saturated rings. The number of hydrogen-bond acceptors (Lipinski definition) is 5. The highest BCUT2D eigenvalue weighted by molar-refractivity contribution is 5.69. The molecular formula is C24H42O5. The Morgan fingerprint density at radius 1 is 1.07 bits per heavy atom. The number of rotatable bonds is 16. The van der Waals surface area contributed by atoms with E-state index in [0.717, 1.165) is 64.4 Å². The van der Waals surface area contributed by atoms with E-state index in [1.54, 1.807) is 0 Å². The number of carbonyl (C=O) groups is 1. The number of methoxy groups -OCH3 is 1. The third-order valence-corrected chi connectivity index (χ3v) is 5.62. The molecule has 1 saturated carbocycles. The molecule has 5 nitrogen and oxygen atoms in total. The minimum Gasteiger partial charge on any atom is -0.469 e. The lowest BCUT2D eigenvalue weighted by Crippen LogP contribution is -2.22. The van der Waals surface area contributed by atoms with Gasteiger partial charge < -0.3 is 19.7 Å². The van der Waals surface area contributed by atoms with E-state index in [-0.39, 0.29) is 36.6 Å². The molecule has 0 aromatic carbocycles. The van der Waals surface area contributed by atoms with E-state index in [4.69, 9.17) is 9.84 Å². The molecule has 4 atom stereocenters. The molecule has 1 aliphatic rings. The summed E-state index contributed by atoms with van der Waals surface area (Å²) >= 11 is 0. The number of carbonyl (C=O) groups excluding carboxylic acids is 1. The van der Waals surface area contributed by atoms with Crippen LogP contribution < -0.4 is 0 Å². The van der Waals surface area contributed by atoms with Gasteiger partial charge in [0.05, 0.1) is 19.3 Å². The highest BCUT2D eigenvalue weighted by atomic mass is 16.5. The lowest BCUT2D eigenvalue weighted by atomic mass is 9.89. The first-order valence-corrected chi connectivity index (χ1v) is 11.4. The predicted molar refractivity (Wildman–Crippen MR) is 117 cm³/mol. The van der Waals surface area contributed by atoms with Crippen molar-refractivity contribution in [3.8, 4) is 0 Å². The Morgan fingerprint density at radius 2 is 1.83 bits per heavy atom. The minimum absolute atomic E-state index is 0.0910. The van der Waals surface area contributed by atoms with Crippen LogP contribution in [0.3, 0.4) is 0 Å². The molecule has 29 heavy (non-hydrogen) atoms. The molecule has 5 heteroatoms. The first kappa shape index (κ1) is 25.9. The molecule has 1 unspecified atom stereocenters. The van der Waals surface area contributed by atoms with Crippen LogP contribution in [0.1, 0.15) is 77.6 Å². The van der Waals surface area contributed by atoms with Crippen molar-refractivity contribution in [3.05, 3.63) is 24.3 Å². The molecule has 0 saturated heterocycles. The number of aliphatic hydroxyl groups is 2. The summed E-state index contributed by atoms with van der Waals surface area (Å²) in [5.41, 5.74) is 0. The zero-order chi connectivity index (χ0) is 21.3. The average molecular weight is 411 g/mol. The molecule has 0 radical (unpaired) electrons. The van der Waals surface area contributed by atoms with Gasteiger partial charge in [-0.25, -0.2) is 0 Å². The van der Waals surface area contributed by atoms with Crippen molar-refractivity contribution in [2.75, 3.05) is 20.3 Å². The van der Waals surface area contributed by atoms with Gasteiger partial charge in [-0.05, 0) is 50.9 Å². The van der Waals surface area contributed by atoms with Gasteiger partial charge in [-0.2, -0.15) is 0 Å². The van der Waals surface area contributed by atoms with Gasteiger partial charge in [-0.3, -0.25) is 4.79 Å². The van der Waals surface area contributed by atoms with Crippen molar-refractivity contribution >= 4 is 5.97 Å². The Balaban J connectivity index is 2.51. The molecule has 0 spiro atoms. The van der Waals surface area contributed by atoms with E-state index >= 15 is 0 Å². The summed E-state index contributed by atoms with van der Waals surface area (Å²) in [5.74, 6) is 0.259. The third-order valence-electron chi connectivity index (χ3n) is 5.62. The van der Waals surface area contributed by atoms with Crippen LogP contribution in [0.4, 0.5) is 0 Å².